The lowest BCUT2D eigenvalue weighted by molar-refractivity contribution is -0.130. The van der Waals surface area contributed by atoms with Gasteiger partial charge in [0.05, 0.1) is 21.2 Å². The molecule has 0 saturated carbocycles. The summed E-state index contributed by atoms with van der Waals surface area (Å²) in [4.78, 5) is 39.3. The number of amides is 3. The van der Waals surface area contributed by atoms with Crippen molar-refractivity contribution >= 4 is 40.9 Å². The van der Waals surface area contributed by atoms with Crippen LogP contribution in [0.1, 0.15) is 20.7 Å². The lowest BCUT2D eigenvalue weighted by atomic mass is 10.1. The van der Waals surface area contributed by atoms with Crippen LogP contribution in [0.5, 0.6) is 0 Å². The molecule has 0 bridgehead atoms. The van der Waals surface area contributed by atoms with Gasteiger partial charge < -0.3 is 4.90 Å². The van der Waals surface area contributed by atoms with E-state index in [0.717, 1.165) is 4.90 Å². The highest BCUT2D eigenvalue weighted by Gasteiger charge is 2.38. The van der Waals surface area contributed by atoms with Crippen LogP contribution >= 0.6 is 23.2 Å². The Morgan fingerprint density at radius 1 is 1.04 bits per heavy atom. The molecule has 0 radical (unpaired) electrons. The molecule has 3 amide bonds. The van der Waals surface area contributed by atoms with Gasteiger partial charge in [-0.05, 0) is 12.1 Å². The molecule has 0 aliphatic carbocycles. The van der Waals surface area contributed by atoms with Gasteiger partial charge in [0.25, 0.3) is 11.8 Å². The number of carbonyl (C=O) groups excluding carboxylic acids is 3. The maximum Gasteiger partial charge on any atom is 0.262 e. The first-order valence-electron chi connectivity index (χ1n) is 6.75. The van der Waals surface area contributed by atoms with E-state index >= 15 is 0 Å². The van der Waals surface area contributed by atoms with Crippen molar-refractivity contribution in [3.8, 4) is 0 Å². The van der Waals surface area contributed by atoms with Crippen LogP contribution in [0.25, 0.3) is 0 Å². The Morgan fingerprint density at radius 2 is 1.48 bits per heavy atom. The molecule has 23 heavy (non-hydrogen) atoms. The molecule has 1 aromatic rings. The van der Waals surface area contributed by atoms with Crippen LogP contribution in [0.2, 0.25) is 10.0 Å². The Kier molecular flexibility index (Phi) is 5.23. The molecule has 0 saturated heterocycles. The molecule has 1 heterocycles. The maximum atomic E-state index is 12.3. The quantitative estimate of drug-likeness (QED) is 0.584. The van der Waals surface area contributed by atoms with Crippen LogP contribution in [0.3, 0.4) is 0 Å². The van der Waals surface area contributed by atoms with E-state index in [2.05, 4.69) is 13.2 Å². The van der Waals surface area contributed by atoms with Crippen molar-refractivity contribution in [3.63, 3.8) is 0 Å². The van der Waals surface area contributed by atoms with Crippen LogP contribution < -0.4 is 0 Å². The smallest absolute Gasteiger partial charge is 0.262 e. The molecular weight excluding hydrogens is 339 g/mol. The van der Waals surface area contributed by atoms with Gasteiger partial charge in [0.1, 0.15) is 6.54 Å². The van der Waals surface area contributed by atoms with Crippen LogP contribution in [-0.4, -0.2) is 47.2 Å². The molecule has 5 nitrogen and oxygen atoms in total. The molecule has 1 aromatic carbocycles. The van der Waals surface area contributed by atoms with Gasteiger partial charge in [0.15, 0.2) is 0 Å². The summed E-state index contributed by atoms with van der Waals surface area (Å²) >= 11 is 11.8. The van der Waals surface area contributed by atoms with Crippen molar-refractivity contribution in [2.24, 2.45) is 0 Å². The van der Waals surface area contributed by atoms with Gasteiger partial charge >= 0.3 is 0 Å². The van der Waals surface area contributed by atoms with E-state index in [1.165, 1.54) is 17.0 Å². The Bertz CT molecular complexity index is 665. The van der Waals surface area contributed by atoms with Crippen molar-refractivity contribution in [3.05, 3.63) is 58.6 Å². The fourth-order valence-corrected chi connectivity index (χ4v) is 2.58. The number of halogens is 2. The highest BCUT2D eigenvalue weighted by atomic mass is 35.5. The highest BCUT2D eigenvalue weighted by Crippen LogP contribution is 2.31. The summed E-state index contributed by atoms with van der Waals surface area (Å²) in [5.41, 5.74) is 0.299. The summed E-state index contributed by atoms with van der Waals surface area (Å²) < 4.78 is 0. The van der Waals surface area contributed by atoms with Crippen molar-refractivity contribution in [1.82, 2.24) is 9.80 Å². The largest absolute Gasteiger partial charge is 0.334 e. The minimum Gasteiger partial charge on any atom is -0.334 e. The minimum absolute atomic E-state index is 0.149. The van der Waals surface area contributed by atoms with E-state index in [-0.39, 0.29) is 33.6 Å². The zero-order chi connectivity index (χ0) is 17.1. The van der Waals surface area contributed by atoms with Crippen molar-refractivity contribution in [1.29, 1.82) is 0 Å². The second-order valence-electron chi connectivity index (χ2n) is 4.88. The summed E-state index contributed by atoms with van der Waals surface area (Å²) in [6, 6.07) is 2.68. The van der Waals surface area contributed by atoms with Gasteiger partial charge in [0, 0.05) is 13.1 Å². The lowest BCUT2D eigenvalue weighted by Crippen LogP contribution is -2.42. The molecule has 0 aromatic heterocycles. The van der Waals surface area contributed by atoms with Crippen LogP contribution in [0.15, 0.2) is 37.4 Å². The third kappa shape index (κ3) is 3.30. The predicted molar refractivity (Wildman–Crippen MR) is 88.8 cm³/mol. The third-order valence-corrected chi connectivity index (χ3v) is 4.08. The van der Waals surface area contributed by atoms with Gasteiger partial charge in [-0.25, -0.2) is 0 Å². The lowest BCUT2D eigenvalue weighted by Gasteiger charge is -2.22. The Morgan fingerprint density at radius 3 is 1.87 bits per heavy atom. The Hall–Kier alpha value is -2.11. The molecule has 0 fully saturated rings. The molecular formula is C16H14Cl2N2O3. The second kappa shape index (κ2) is 6.98. The van der Waals surface area contributed by atoms with E-state index < -0.39 is 11.8 Å². The van der Waals surface area contributed by atoms with E-state index in [0.29, 0.717) is 13.1 Å². The first-order valence-corrected chi connectivity index (χ1v) is 7.51. The topological polar surface area (TPSA) is 57.7 Å². The van der Waals surface area contributed by atoms with Crippen LogP contribution in [0, 0.1) is 0 Å². The molecule has 0 N–H and O–H groups in total. The zero-order valence-electron chi connectivity index (χ0n) is 12.2. The Balaban J connectivity index is 2.24. The summed E-state index contributed by atoms with van der Waals surface area (Å²) in [7, 11) is 0. The standard InChI is InChI=1S/C16H14Cl2N2O3/c1-3-5-19(6-4-2)14(21)9-20-15(22)10-7-12(17)13(18)8-11(10)16(20)23/h3-4,7-8H,1-2,5-6,9H2. The number of hydrogen-bond acceptors (Lipinski definition) is 3. The normalized spacial score (nSPS) is 13.0. The van der Waals surface area contributed by atoms with Gasteiger partial charge in [-0.2, -0.15) is 0 Å². The van der Waals surface area contributed by atoms with E-state index in [1.807, 2.05) is 0 Å². The predicted octanol–water partition coefficient (Wildman–Crippen LogP) is 2.79. The SMILES string of the molecule is C=CCN(CC=C)C(=O)CN1C(=O)c2cc(Cl)c(Cl)cc2C1=O. The first-order chi connectivity index (χ1) is 10.9. The van der Waals surface area contributed by atoms with Crippen molar-refractivity contribution in [2.45, 2.75) is 0 Å². The molecule has 1 aliphatic heterocycles. The number of rotatable bonds is 6. The van der Waals surface area contributed by atoms with Gasteiger partial charge in [-0.3, -0.25) is 19.3 Å². The molecule has 1 aliphatic rings. The minimum atomic E-state index is -0.561. The number of fused-ring (bicyclic) bond motifs is 1. The number of benzene rings is 1. The number of carbonyl (C=O) groups is 3. The monoisotopic (exact) mass is 352 g/mol. The number of hydrogen-bond donors (Lipinski definition) is 0. The Labute approximate surface area is 143 Å². The average molecular weight is 353 g/mol. The van der Waals surface area contributed by atoms with Gasteiger partial charge in [0.2, 0.25) is 5.91 Å². The van der Waals surface area contributed by atoms with Gasteiger partial charge in [-0.15, -0.1) is 13.2 Å². The zero-order valence-corrected chi connectivity index (χ0v) is 13.7. The summed E-state index contributed by atoms with van der Waals surface area (Å²) in [5.74, 6) is -1.50. The van der Waals surface area contributed by atoms with E-state index in [1.54, 1.807) is 12.2 Å². The second-order valence-corrected chi connectivity index (χ2v) is 5.70. The maximum absolute atomic E-state index is 12.3. The summed E-state index contributed by atoms with van der Waals surface area (Å²) in [5, 5.41) is 0.361. The fraction of sp³-hybridized carbons (Fsp3) is 0.188. The average Bonchev–Trinajstić information content (AvgIpc) is 2.73. The summed E-state index contributed by atoms with van der Waals surface area (Å²) in [6.07, 6.45) is 3.12. The summed E-state index contributed by atoms with van der Waals surface area (Å²) in [6.45, 7) is 7.38. The number of nitrogens with zero attached hydrogens (tertiary/aromatic N) is 2. The molecule has 7 heteroatoms. The number of imide groups is 1. The molecule has 120 valence electrons. The van der Waals surface area contributed by atoms with E-state index in [4.69, 9.17) is 23.2 Å². The first kappa shape index (κ1) is 17.2. The molecule has 0 unspecified atom stereocenters. The third-order valence-electron chi connectivity index (χ3n) is 3.36. The highest BCUT2D eigenvalue weighted by molar-refractivity contribution is 6.43. The molecule has 0 spiro atoms. The molecule has 0 atom stereocenters. The molecule has 2 rings (SSSR count). The van der Waals surface area contributed by atoms with Crippen LogP contribution in [-0.2, 0) is 4.79 Å². The van der Waals surface area contributed by atoms with E-state index in [9.17, 15) is 14.4 Å². The van der Waals surface area contributed by atoms with Crippen molar-refractivity contribution in [2.75, 3.05) is 19.6 Å². The van der Waals surface area contributed by atoms with Gasteiger partial charge in [-0.1, -0.05) is 35.4 Å². The fourth-order valence-electron chi connectivity index (χ4n) is 2.25. The van der Waals surface area contributed by atoms with Crippen LogP contribution in [0.4, 0.5) is 0 Å². The van der Waals surface area contributed by atoms with Crippen molar-refractivity contribution < 1.29 is 14.4 Å².